The molecule has 0 saturated carbocycles. The van der Waals surface area contributed by atoms with Crippen molar-refractivity contribution in [3.05, 3.63) is 114 Å². The minimum atomic E-state index is -3.46. The number of methoxy groups -OCH3 is 2. The van der Waals surface area contributed by atoms with Gasteiger partial charge in [-0.05, 0) is 0 Å². The first-order chi connectivity index (χ1) is 16.4. The molecule has 0 heterocycles. The summed E-state index contributed by atoms with van der Waals surface area (Å²) in [5.41, 5.74) is 0.799. The molecule has 6 heteroatoms. The standard InChI is InChI=1S/C28H26BrO4P/c1-20-24(26(31)28(33-3)27(32-2)25(20)30)19-34(29,21-13-7-4-8-14-21,22-15-9-5-10-16-22)23-17-11-6-12-18-23/h4-18H,19H2,1-3H3. The van der Waals surface area contributed by atoms with Gasteiger partial charge in [0.05, 0.1) is 0 Å². The van der Waals surface area contributed by atoms with Gasteiger partial charge in [-0.15, -0.1) is 0 Å². The van der Waals surface area contributed by atoms with Crippen molar-refractivity contribution in [1.82, 2.24) is 0 Å². The Morgan fingerprint density at radius 2 is 1.00 bits per heavy atom. The molecule has 3 aromatic carbocycles. The first kappa shape index (κ1) is 24.1. The van der Waals surface area contributed by atoms with Gasteiger partial charge in [-0.2, -0.15) is 0 Å². The third kappa shape index (κ3) is 3.64. The molecule has 0 saturated heterocycles. The van der Waals surface area contributed by atoms with Gasteiger partial charge in [-0.1, -0.05) is 0 Å². The second-order valence-corrected chi connectivity index (χ2v) is 17.1. The monoisotopic (exact) mass is 536 g/mol. The van der Waals surface area contributed by atoms with Crippen LogP contribution in [0.5, 0.6) is 0 Å². The quantitative estimate of drug-likeness (QED) is 0.321. The number of Topliss-reactive ketones (excluding diaryl/α,β-unsaturated/α-hetero) is 2. The van der Waals surface area contributed by atoms with Gasteiger partial charge >= 0.3 is 208 Å². The fourth-order valence-electron chi connectivity index (χ4n) is 4.62. The van der Waals surface area contributed by atoms with Crippen LogP contribution in [0.4, 0.5) is 0 Å². The van der Waals surface area contributed by atoms with Crippen LogP contribution in [0.15, 0.2) is 114 Å². The number of benzene rings is 3. The van der Waals surface area contributed by atoms with E-state index in [2.05, 4.69) is 51.9 Å². The molecule has 0 fully saturated rings. The van der Waals surface area contributed by atoms with Crippen molar-refractivity contribution in [2.45, 2.75) is 6.92 Å². The van der Waals surface area contributed by atoms with Crippen molar-refractivity contribution in [3.8, 4) is 0 Å². The SMILES string of the molecule is COC1=C(OC)C(=O)C(CP(Br)(c2ccccc2)(c2ccccc2)c2ccccc2)=C(C)C1=O. The third-order valence-electron chi connectivity index (χ3n) is 6.43. The van der Waals surface area contributed by atoms with Gasteiger partial charge < -0.3 is 0 Å². The van der Waals surface area contributed by atoms with E-state index in [0.29, 0.717) is 17.3 Å². The van der Waals surface area contributed by atoms with Crippen molar-refractivity contribution in [2.24, 2.45) is 0 Å². The molecule has 3 aromatic rings. The van der Waals surface area contributed by atoms with Crippen molar-refractivity contribution in [1.29, 1.82) is 0 Å². The van der Waals surface area contributed by atoms with E-state index in [0.717, 1.165) is 15.9 Å². The summed E-state index contributed by atoms with van der Waals surface area (Å²) in [6, 6.07) is 30.5. The van der Waals surface area contributed by atoms with E-state index in [1.807, 2.05) is 54.6 Å². The van der Waals surface area contributed by atoms with Crippen LogP contribution in [-0.4, -0.2) is 31.9 Å². The van der Waals surface area contributed by atoms with Crippen LogP contribution in [0.1, 0.15) is 6.92 Å². The van der Waals surface area contributed by atoms with Crippen LogP contribution in [-0.2, 0) is 19.1 Å². The Labute approximate surface area is 208 Å². The Balaban J connectivity index is 2.08. The summed E-state index contributed by atoms with van der Waals surface area (Å²) in [5.74, 6) is -0.768. The molecular weight excluding hydrogens is 511 g/mol. The normalized spacial score (nSPS) is 15.7. The average Bonchev–Trinajstić information content (AvgIpc) is 2.90. The molecule has 0 bridgehead atoms. The topological polar surface area (TPSA) is 52.6 Å². The molecule has 4 rings (SSSR count). The van der Waals surface area contributed by atoms with Gasteiger partial charge in [0.2, 0.25) is 0 Å². The molecule has 0 spiro atoms. The van der Waals surface area contributed by atoms with Crippen LogP contribution < -0.4 is 15.9 Å². The predicted octanol–water partition coefficient (Wildman–Crippen LogP) is 4.80. The molecule has 0 unspecified atom stereocenters. The first-order valence-corrected chi connectivity index (χ1v) is 15.3. The van der Waals surface area contributed by atoms with E-state index in [-0.39, 0.29) is 23.1 Å². The number of hydrogen-bond acceptors (Lipinski definition) is 4. The summed E-state index contributed by atoms with van der Waals surface area (Å²) in [7, 11) is 2.76. The summed E-state index contributed by atoms with van der Waals surface area (Å²) < 4.78 is 10.6. The van der Waals surface area contributed by atoms with Gasteiger partial charge in [-0.3, -0.25) is 0 Å². The summed E-state index contributed by atoms with van der Waals surface area (Å²) in [4.78, 5) is 26.9. The van der Waals surface area contributed by atoms with Gasteiger partial charge in [0.1, 0.15) is 0 Å². The maximum atomic E-state index is 13.7. The van der Waals surface area contributed by atoms with Crippen molar-refractivity contribution in [2.75, 3.05) is 20.4 Å². The maximum absolute atomic E-state index is 13.7. The van der Waals surface area contributed by atoms with Crippen LogP contribution in [0.2, 0.25) is 0 Å². The van der Waals surface area contributed by atoms with Gasteiger partial charge in [0.15, 0.2) is 0 Å². The Bertz CT molecular complexity index is 1200. The van der Waals surface area contributed by atoms with Crippen molar-refractivity contribution < 1.29 is 19.1 Å². The van der Waals surface area contributed by atoms with E-state index < -0.39 is 5.31 Å². The minimum absolute atomic E-state index is 0.0530. The number of allylic oxidation sites excluding steroid dienone is 2. The number of hydrogen-bond donors (Lipinski definition) is 0. The molecule has 0 radical (unpaired) electrons. The Hall–Kier alpha value is -3.01. The molecule has 34 heavy (non-hydrogen) atoms. The molecule has 0 amide bonds. The van der Waals surface area contributed by atoms with Crippen LogP contribution in [0.25, 0.3) is 0 Å². The molecule has 1 aliphatic rings. The Morgan fingerprint density at radius 1 is 0.647 bits per heavy atom. The fourth-order valence-corrected chi connectivity index (χ4v) is 12.3. The fraction of sp³-hybridized carbons (Fsp3) is 0.143. The molecule has 0 atom stereocenters. The van der Waals surface area contributed by atoms with E-state index in [1.165, 1.54) is 14.2 Å². The van der Waals surface area contributed by atoms with Crippen LogP contribution in [0.3, 0.4) is 0 Å². The number of halogens is 1. The van der Waals surface area contributed by atoms with Crippen LogP contribution >= 0.6 is 20.8 Å². The van der Waals surface area contributed by atoms with Crippen molar-refractivity contribution >= 4 is 48.3 Å². The number of rotatable bonds is 7. The van der Waals surface area contributed by atoms with Gasteiger partial charge in [0.25, 0.3) is 0 Å². The van der Waals surface area contributed by atoms with E-state index >= 15 is 0 Å². The number of ketones is 2. The zero-order valence-electron chi connectivity index (χ0n) is 19.3. The molecule has 4 nitrogen and oxygen atoms in total. The zero-order valence-corrected chi connectivity index (χ0v) is 21.8. The molecule has 174 valence electrons. The molecule has 0 aliphatic heterocycles. The number of ether oxygens (including phenoxy) is 2. The molecule has 0 N–H and O–H groups in total. The van der Waals surface area contributed by atoms with Crippen molar-refractivity contribution in [3.63, 3.8) is 0 Å². The van der Waals surface area contributed by atoms with Gasteiger partial charge in [-0.25, -0.2) is 0 Å². The summed E-state index contributed by atoms with van der Waals surface area (Å²) in [5, 5.41) is -0.274. The summed E-state index contributed by atoms with van der Waals surface area (Å²) in [6.07, 6.45) is 0.309. The molecular formula is C28H26BrO4P. The number of carbonyl (C=O) groups is 2. The van der Waals surface area contributed by atoms with E-state index in [4.69, 9.17) is 9.47 Å². The summed E-state index contributed by atoms with van der Waals surface area (Å²) >= 11 is 4.35. The van der Waals surface area contributed by atoms with Crippen LogP contribution in [0, 0.1) is 0 Å². The Kier molecular flexibility index (Phi) is 6.62. The second-order valence-electron chi connectivity index (χ2n) is 8.18. The van der Waals surface area contributed by atoms with Gasteiger partial charge in [0, 0.05) is 0 Å². The van der Waals surface area contributed by atoms with E-state index in [9.17, 15) is 9.59 Å². The molecule has 1 aliphatic carbocycles. The second kappa shape index (κ2) is 9.32. The third-order valence-corrected chi connectivity index (χ3v) is 15.9. The zero-order chi connectivity index (χ0) is 24.4. The van der Waals surface area contributed by atoms with E-state index in [1.54, 1.807) is 6.92 Å². The Morgan fingerprint density at radius 3 is 1.35 bits per heavy atom. The predicted molar refractivity (Wildman–Crippen MR) is 143 cm³/mol. The number of carbonyl (C=O) groups excluding carboxylic acids is 2. The molecule has 0 aromatic heterocycles. The summed E-state index contributed by atoms with van der Waals surface area (Å²) in [6.45, 7) is 1.69. The first-order valence-electron chi connectivity index (χ1n) is 10.9. The average molecular weight is 537 g/mol.